The third-order valence-corrected chi connectivity index (χ3v) is 3.69. The van der Waals surface area contributed by atoms with Crippen LogP contribution in [-0.4, -0.2) is 30.2 Å². The predicted octanol–water partition coefficient (Wildman–Crippen LogP) is 3.12. The van der Waals surface area contributed by atoms with Crippen LogP contribution in [0.1, 0.15) is 12.0 Å². The molecule has 1 heterocycles. The number of imidazole rings is 1. The van der Waals surface area contributed by atoms with Gasteiger partial charge in [-0.3, -0.25) is 4.79 Å². The quantitative estimate of drug-likeness (QED) is 0.556. The molecule has 2 aromatic carbocycles. The number of aromatic nitrogens is 2. The second kappa shape index (κ2) is 7.04. The van der Waals surface area contributed by atoms with Gasteiger partial charge < -0.3 is 19.2 Å². The van der Waals surface area contributed by atoms with E-state index in [0.29, 0.717) is 23.7 Å². The summed E-state index contributed by atoms with van der Waals surface area (Å²) in [4.78, 5) is 19.1. The highest BCUT2D eigenvalue weighted by atomic mass is 16.5. The highest BCUT2D eigenvalue weighted by Gasteiger charge is 2.09. The van der Waals surface area contributed by atoms with E-state index < -0.39 is 0 Å². The number of rotatable bonds is 6. The minimum atomic E-state index is -0.288. The van der Waals surface area contributed by atoms with E-state index in [2.05, 4.69) is 9.97 Å². The summed E-state index contributed by atoms with van der Waals surface area (Å²) in [7, 11) is 3.17. The number of aromatic amines is 1. The van der Waals surface area contributed by atoms with Gasteiger partial charge in [0.2, 0.25) is 0 Å². The zero-order valence-corrected chi connectivity index (χ0v) is 13.5. The van der Waals surface area contributed by atoms with Crippen molar-refractivity contribution in [3.8, 4) is 17.2 Å². The average molecular weight is 326 g/mol. The molecule has 0 aliphatic heterocycles. The SMILES string of the molecule is COc1ccc(CCC(=O)Oc2ccc3nc[nH]c3c2)cc1OC. The number of carbonyl (C=O) groups is 1. The van der Waals surface area contributed by atoms with Crippen LogP contribution in [0.2, 0.25) is 0 Å². The molecule has 24 heavy (non-hydrogen) atoms. The Kier molecular flexibility index (Phi) is 4.65. The van der Waals surface area contributed by atoms with E-state index in [-0.39, 0.29) is 12.4 Å². The van der Waals surface area contributed by atoms with E-state index >= 15 is 0 Å². The van der Waals surface area contributed by atoms with E-state index in [1.54, 1.807) is 32.7 Å². The Morgan fingerprint density at radius 3 is 2.71 bits per heavy atom. The number of H-pyrrole nitrogens is 1. The molecule has 3 aromatic rings. The first kappa shape index (κ1) is 15.9. The monoisotopic (exact) mass is 326 g/mol. The standard InChI is InChI=1S/C18H18N2O4/c1-22-16-7-3-12(9-17(16)23-2)4-8-18(21)24-13-5-6-14-15(10-13)20-11-19-14/h3,5-7,9-11H,4,8H2,1-2H3,(H,19,20). The van der Waals surface area contributed by atoms with Crippen molar-refractivity contribution in [3.63, 3.8) is 0 Å². The Morgan fingerprint density at radius 2 is 1.92 bits per heavy atom. The topological polar surface area (TPSA) is 73.4 Å². The van der Waals surface area contributed by atoms with Crippen LogP contribution in [0.5, 0.6) is 17.2 Å². The summed E-state index contributed by atoms with van der Waals surface area (Å²) in [6.45, 7) is 0. The molecule has 0 amide bonds. The van der Waals surface area contributed by atoms with Crippen LogP contribution >= 0.6 is 0 Å². The molecule has 0 unspecified atom stereocenters. The number of nitrogens with one attached hydrogen (secondary N) is 1. The summed E-state index contributed by atoms with van der Waals surface area (Å²) in [5, 5.41) is 0. The summed E-state index contributed by atoms with van der Waals surface area (Å²) >= 11 is 0. The second-order valence-corrected chi connectivity index (χ2v) is 5.24. The lowest BCUT2D eigenvalue weighted by Crippen LogP contribution is -2.09. The van der Waals surface area contributed by atoms with Crippen LogP contribution in [0.4, 0.5) is 0 Å². The number of benzene rings is 2. The van der Waals surface area contributed by atoms with Crippen molar-refractivity contribution in [2.24, 2.45) is 0 Å². The Morgan fingerprint density at radius 1 is 1.08 bits per heavy atom. The van der Waals surface area contributed by atoms with Crippen LogP contribution < -0.4 is 14.2 Å². The highest BCUT2D eigenvalue weighted by Crippen LogP contribution is 2.28. The number of ether oxygens (including phenoxy) is 3. The molecule has 0 spiro atoms. The molecule has 6 heteroatoms. The third kappa shape index (κ3) is 3.48. The molecule has 0 atom stereocenters. The van der Waals surface area contributed by atoms with Gasteiger partial charge in [0.15, 0.2) is 11.5 Å². The summed E-state index contributed by atoms with van der Waals surface area (Å²) in [6, 6.07) is 10.9. The number of methoxy groups -OCH3 is 2. The van der Waals surface area contributed by atoms with Crippen molar-refractivity contribution in [1.82, 2.24) is 9.97 Å². The van der Waals surface area contributed by atoms with E-state index in [1.165, 1.54) is 0 Å². The zero-order chi connectivity index (χ0) is 16.9. The molecule has 3 rings (SSSR count). The largest absolute Gasteiger partial charge is 0.493 e. The number of carbonyl (C=O) groups excluding carboxylic acids is 1. The number of hydrogen-bond donors (Lipinski definition) is 1. The minimum absolute atomic E-state index is 0.274. The first-order chi connectivity index (χ1) is 11.7. The van der Waals surface area contributed by atoms with Gasteiger partial charge in [-0.05, 0) is 36.2 Å². The van der Waals surface area contributed by atoms with Gasteiger partial charge in [0.25, 0.3) is 0 Å². The summed E-state index contributed by atoms with van der Waals surface area (Å²) < 4.78 is 15.8. The summed E-state index contributed by atoms with van der Waals surface area (Å²) in [5.41, 5.74) is 2.65. The van der Waals surface area contributed by atoms with E-state index in [0.717, 1.165) is 16.6 Å². The molecule has 0 aliphatic carbocycles. The van der Waals surface area contributed by atoms with Gasteiger partial charge in [0, 0.05) is 12.5 Å². The number of nitrogens with zero attached hydrogens (tertiary/aromatic N) is 1. The Labute approximate surface area is 139 Å². The fraction of sp³-hybridized carbons (Fsp3) is 0.222. The lowest BCUT2D eigenvalue weighted by molar-refractivity contribution is -0.134. The Hall–Kier alpha value is -3.02. The minimum Gasteiger partial charge on any atom is -0.493 e. The van der Waals surface area contributed by atoms with Crippen LogP contribution in [0, 0.1) is 0 Å². The van der Waals surface area contributed by atoms with Crippen LogP contribution in [-0.2, 0) is 11.2 Å². The first-order valence-corrected chi connectivity index (χ1v) is 7.54. The van der Waals surface area contributed by atoms with E-state index in [1.807, 2.05) is 24.3 Å². The van der Waals surface area contributed by atoms with Gasteiger partial charge in [-0.25, -0.2) is 4.98 Å². The van der Waals surface area contributed by atoms with Gasteiger partial charge in [-0.1, -0.05) is 6.07 Å². The van der Waals surface area contributed by atoms with Gasteiger partial charge >= 0.3 is 5.97 Å². The first-order valence-electron chi connectivity index (χ1n) is 7.54. The lowest BCUT2D eigenvalue weighted by atomic mass is 10.1. The molecule has 0 aliphatic rings. The van der Waals surface area contributed by atoms with Crippen molar-refractivity contribution < 1.29 is 19.0 Å². The van der Waals surface area contributed by atoms with E-state index in [9.17, 15) is 4.79 Å². The maximum Gasteiger partial charge on any atom is 0.311 e. The predicted molar refractivity (Wildman–Crippen MR) is 89.6 cm³/mol. The molecule has 124 valence electrons. The maximum absolute atomic E-state index is 12.0. The highest BCUT2D eigenvalue weighted by molar-refractivity contribution is 5.78. The summed E-state index contributed by atoms with van der Waals surface area (Å²) in [5.74, 6) is 1.53. The molecular weight excluding hydrogens is 308 g/mol. The molecule has 6 nitrogen and oxygen atoms in total. The van der Waals surface area contributed by atoms with Crippen LogP contribution in [0.3, 0.4) is 0 Å². The molecule has 0 saturated heterocycles. The molecule has 0 fully saturated rings. The zero-order valence-electron chi connectivity index (χ0n) is 13.5. The van der Waals surface area contributed by atoms with Crippen LogP contribution in [0.15, 0.2) is 42.7 Å². The Bertz CT molecular complexity index is 857. The van der Waals surface area contributed by atoms with Gasteiger partial charge in [-0.2, -0.15) is 0 Å². The summed E-state index contributed by atoms with van der Waals surface area (Å²) in [6.07, 6.45) is 2.44. The third-order valence-electron chi connectivity index (χ3n) is 3.69. The molecule has 0 saturated carbocycles. The number of esters is 1. The average Bonchev–Trinajstić information content (AvgIpc) is 3.07. The van der Waals surface area contributed by atoms with Crippen molar-refractivity contribution in [2.75, 3.05) is 14.2 Å². The fourth-order valence-electron chi connectivity index (χ4n) is 2.44. The van der Waals surface area contributed by atoms with E-state index in [4.69, 9.17) is 14.2 Å². The van der Waals surface area contributed by atoms with Crippen molar-refractivity contribution in [1.29, 1.82) is 0 Å². The molecule has 1 aromatic heterocycles. The molecule has 1 N–H and O–H groups in total. The number of aryl methyl sites for hydroxylation is 1. The number of fused-ring (bicyclic) bond motifs is 1. The smallest absolute Gasteiger partial charge is 0.311 e. The number of hydrogen-bond acceptors (Lipinski definition) is 5. The van der Waals surface area contributed by atoms with Crippen molar-refractivity contribution >= 4 is 17.0 Å². The normalized spacial score (nSPS) is 10.6. The van der Waals surface area contributed by atoms with Crippen LogP contribution in [0.25, 0.3) is 11.0 Å². The fourth-order valence-corrected chi connectivity index (χ4v) is 2.44. The lowest BCUT2D eigenvalue weighted by Gasteiger charge is -2.09. The van der Waals surface area contributed by atoms with Gasteiger partial charge in [0.1, 0.15) is 5.75 Å². The van der Waals surface area contributed by atoms with Crippen molar-refractivity contribution in [3.05, 3.63) is 48.3 Å². The maximum atomic E-state index is 12.0. The second-order valence-electron chi connectivity index (χ2n) is 5.24. The molecule has 0 bridgehead atoms. The molecular formula is C18H18N2O4. The van der Waals surface area contributed by atoms with Gasteiger partial charge in [-0.15, -0.1) is 0 Å². The molecule has 0 radical (unpaired) electrons. The van der Waals surface area contributed by atoms with Gasteiger partial charge in [0.05, 0.1) is 31.6 Å². The van der Waals surface area contributed by atoms with Crippen molar-refractivity contribution in [2.45, 2.75) is 12.8 Å². The Balaban J connectivity index is 1.60.